The van der Waals surface area contributed by atoms with Crippen molar-refractivity contribution in [3.05, 3.63) is 48.3 Å². The van der Waals surface area contributed by atoms with E-state index in [0.29, 0.717) is 0 Å². The van der Waals surface area contributed by atoms with Gasteiger partial charge in [0.2, 0.25) is 0 Å². The fraction of sp³-hybridized carbons (Fsp3) is 0.250. The molecule has 0 fully saturated rings. The summed E-state index contributed by atoms with van der Waals surface area (Å²) in [4.78, 5) is 0. The van der Waals surface area contributed by atoms with Crippen molar-refractivity contribution in [1.29, 1.82) is 0 Å². The Balaban J connectivity index is 3.24. The first-order chi connectivity index (χ1) is 6.70. The van der Waals surface area contributed by atoms with Gasteiger partial charge in [-0.15, -0.1) is 0 Å². The highest BCUT2D eigenvalue weighted by Gasteiger charge is 2.06. The van der Waals surface area contributed by atoms with Crippen LogP contribution >= 0.6 is 0 Å². The molecule has 0 bridgehead atoms. The van der Waals surface area contributed by atoms with E-state index in [2.05, 4.69) is 24.7 Å². The van der Waals surface area contributed by atoms with Gasteiger partial charge in [0.1, 0.15) is 0 Å². The molecule has 1 aromatic rings. The van der Waals surface area contributed by atoms with E-state index >= 15 is 0 Å². The molecule has 0 aromatic carbocycles. The number of aromatic nitrogens is 2. The van der Waals surface area contributed by atoms with Crippen LogP contribution < -0.4 is 0 Å². The molecule has 2 nitrogen and oxygen atoms in total. The maximum Gasteiger partial charge on any atom is 0.0707 e. The molecule has 0 saturated carbocycles. The number of rotatable bonds is 3. The summed E-state index contributed by atoms with van der Waals surface area (Å²) in [6.07, 6.45) is 9.73. The topological polar surface area (TPSA) is 17.8 Å². The largest absolute Gasteiger partial charge is 0.268 e. The van der Waals surface area contributed by atoms with E-state index in [1.54, 1.807) is 6.08 Å². The Hall–Kier alpha value is -1.57. The molecule has 0 N–H and O–H groups in total. The minimum Gasteiger partial charge on any atom is -0.268 e. The molecule has 1 heterocycles. The highest BCUT2D eigenvalue weighted by atomic mass is 15.3. The van der Waals surface area contributed by atoms with Crippen LogP contribution in [0.15, 0.2) is 37.1 Å². The second-order valence-electron chi connectivity index (χ2n) is 3.16. The highest BCUT2D eigenvalue weighted by molar-refractivity contribution is 5.74. The van der Waals surface area contributed by atoms with Crippen LogP contribution in [0.1, 0.15) is 18.2 Å². The zero-order chi connectivity index (χ0) is 10.6. The van der Waals surface area contributed by atoms with Gasteiger partial charge in [0.15, 0.2) is 0 Å². The molecule has 74 valence electrons. The predicted molar refractivity (Wildman–Crippen MR) is 60.9 cm³/mol. The SMILES string of the molecule is C=C/C=C(\C=C/C)c1c(C)cnn1C. The van der Waals surface area contributed by atoms with Gasteiger partial charge in [0.05, 0.1) is 11.9 Å². The third-order valence-electron chi connectivity index (χ3n) is 2.04. The molecule has 1 aromatic heterocycles. The third-order valence-corrected chi connectivity index (χ3v) is 2.04. The number of nitrogens with zero attached hydrogens (tertiary/aromatic N) is 2. The maximum absolute atomic E-state index is 4.21. The lowest BCUT2D eigenvalue weighted by atomic mass is 10.1. The lowest BCUT2D eigenvalue weighted by Crippen LogP contribution is -1.97. The average Bonchev–Trinajstić information content (AvgIpc) is 2.46. The van der Waals surface area contributed by atoms with Gasteiger partial charge in [-0.3, -0.25) is 4.68 Å². The van der Waals surface area contributed by atoms with Crippen molar-refractivity contribution in [2.75, 3.05) is 0 Å². The molecule has 0 saturated heterocycles. The van der Waals surface area contributed by atoms with Gasteiger partial charge in [-0.05, 0) is 25.0 Å². The number of aryl methyl sites for hydroxylation is 2. The van der Waals surface area contributed by atoms with E-state index in [-0.39, 0.29) is 0 Å². The molecule has 0 amide bonds. The normalized spacial score (nSPS) is 12.4. The van der Waals surface area contributed by atoms with Gasteiger partial charge in [-0.1, -0.05) is 30.9 Å². The second-order valence-corrected chi connectivity index (χ2v) is 3.16. The Kier molecular flexibility index (Phi) is 3.46. The zero-order valence-electron chi connectivity index (χ0n) is 8.99. The maximum atomic E-state index is 4.21. The number of hydrogen-bond acceptors (Lipinski definition) is 1. The van der Waals surface area contributed by atoms with Crippen molar-refractivity contribution < 1.29 is 0 Å². The van der Waals surface area contributed by atoms with Crippen LogP contribution in [0.2, 0.25) is 0 Å². The fourth-order valence-electron chi connectivity index (χ4n) is 1.48. The summed E-state index contributed by atoms with van der Waals surface area (Å²) in [6, 6.07) is 0. The van der Waals surface area contributed by atoms with Crippen molar-refractivity contribution in [3.63, 3.8) is 0 Å². The molecule has 0 aliphatic carbocycles. The monoisotopic (exact) mass is 188 g/mol. The first-order valence-electron chi connectivity index (χ1n) is 4.65. The summed E-state index contributed by atoms with van der Waals surface area (Å²) in [5.41, 5.74) is 3.46. The molecule has 2 heteroatoms. The smallest absolute Gasteiger partial charge is 0.0707 e. The van der Waals surface area contributed by atoms with Gasteiger partial charge in [-0.2, -0.15) is 5.10 Å². The van der Waals surface area contributed by atoms with Crippen LogP contribution in [0.3, 0.4) is 0 Å². The van der Waals surface area contributed by atoms with E-state index in [1.807, 2.05) is 37.0 Å². The highest BCUT2D eigenvalue weighted by Crippen LogP contribution is 2.19. The average molecular weight is 188 g/mol. The molecule has 0 aliphatic rings. The van der Waals surface area contributed by atoms with E-state index in [1.165, 1.54) is 5.56 Å². The standard InChI is InChI=1S/C12H16N2/c1-5-7-11(8-6-2)12-10(3)9-13-14(12)4/h5-9H,1H2,2-4H3/b8-6-,11-7+. The lowest BCUT2D eigenvalue weighted by Gasteiger charge is -2.03. The Morgan fingerprint density at radius 3 is 2.71 bits per heavy atom. The first kappa shape index (κ1) is 10.5. The van der Waals surface area contributed by atoms with E-state index in [4.69, 9.17) is 0 Å². The summed E-state index contributed by atoms with van der Waals surface area (Å²) in [7, 11) is 1.95. The molecule has 0 aliphatic heterocycles. The molecular formula is C12H16N2. The first-order valence-corrected chi connectivity index (χ1v) is 4.65. The van der Waals surface area contributed by atoms with Gasteiger partial charge in [-0.25, -0.2) is 0 Å². The van der Waals surface area contributed by atoms with Crippen LogP contribution in [0.5, 0.6) is 0 Å². The van der Waals surface area contributed by atoms with Gasteiger partial charge in [0, 0.05) is 7.05 Å². The van der Waals surface area contributed by atoms with Crippen LogP contribution in [0.4, 0.5) is 0 Å². The van der Waals surface area contributed by atoms with Gasteiger partial charge in [0.25, 0.3) is 0 Å². The molecule has 1 rings (SSSR count). The van der Waals surface area contributed by atoms with Crippen LogP contribution in [-0.4, -0.2) is 9.78 Å². The van der Waals surface area contributed by atoms with Crippen LogP contribution in [0.25, 0.3) is 5.57 Å². The summed E-state index contributed by atoms with van der Waals surface area (Å²) in [6.45, 7) is 7.77. The van der Waals surface area contributed by atoms with Crippen molar-refractivity contribution in [3.8, 4) is 0 Å². The summed E-state index contributed by atoms with van der Waals surface area (Å²) in [5.74, 6) is 0. The Morgan fingerprint density at radius 1 is 1.57 bits per heavy atom. The molecule has 0 radical (unpaired) electrons. The number of allylic oxidation sites excluding steroid dienone is 5. The Labute approximate surface area is 85.3 Å². The van der Waals surface area contributed by atoms with Crippen molar-refractivity contribution in [1.82, 2.24) is 9.78 Å². The van der Waals surface area contributed by atoms with Crippen molar-refractivity contribution in [2.45, 2.75) is 13.8 Å². The fourth-order valence-corrected chi connectivity index (χ4v) is 1.48. The second kappa shape index (κ2) is 4.61. The lowest BCUT2D eigenvalue weighted by molar-refractivity contribution is 0.756. The quantitative estimate of drug-likeness (QED) is 0.667. The van der Waals surface area contributed by atoms with Crippen molar-refractivity contribution in [2.24, 2.45) is 7.05 Å². The summed E-state index contributed by atoms with van der Waals surface area (Å²) < 4.78 is 1.88. The zero-order valence-corrected chi connectivity index (χ0v) is 8.99. The Bertz CT molecular complexity index is 362. The molecular weight excluding hydrogens is 172 g/mol. The molecule has 0 unspecified atom stereocenters. The van der Waals surface area contributed by atoms with E-state index < -0.39 is 0 Å². The van der Waals surface area contributed by atoms with Crippen molar-refractivity contribution >= 4 is 5.57 Å². The minimum absolute atomic E-state index is 1.14. The number of hydrogen-bond donors (Lipinski definition) is 0. The minimum atomic E-state index is 1.14. The van der Waals surface area contributed by atoms with E-state index in [9.17, 15) is 0 Å². The van der Waals surface area contributed by atoms with E-state index in [0.717, 1.165) is 11.3 Å². The summed E-state index contributed by atoms with van der Waals surface area (Å²) >= 11 is 0. The van der Waals surface area contributed by atoms with Gasteiger partial charge >= 0.3 is 0 Å². The predicted octanol–water partition coefficient (Wildman–Crippen LogP) is 2.87. The van der Waals surface area contributed by atoms with Crippen LogP contribution in [-0.2, 0) is 7.05 Å². The molecule has 0 spiro atoms. The van der Waals surface area contributed by atoms with Gasteiger partial charge < -0.3 is 0 Å². The summed E-state index contributed by atoms with van der Waals surface area (Å²) in [5, 5.41) is 4.21. The third kappa shape index (κ3) is 2.02. The van der Waals surface area contributed by atoms with Crippen LogP contribution in [0, 0.1) is 6.92 Å². The molecule has 14 heavy (non-hydrogen) atoms. The Morgan fingerprint density at radius 2 is 2.29 bits per heavy atom. The molecule has 0 atom stereocenters.